The Hall–Kier alpha value is -3.96. The van der Waals surface area contributed by atoms with Crippen LogP contribution in [0.5, 0.6) is 0 Å². The van der Waals surface area contributed by atoms with Gasteiger partial charge < -0.3 is 15.8 Å². The summed E-state index contributed by atoms with van der Waals surface area (Å²) in [5, 5.41) is 12.9. The molecule has 0 fully saturated rings. The second kappa shape index (κ2) is 10.4. The van der Waals surface area contributed by atoms with Crippen molar-refractivity contribution in [1.82, 2.24) is 5.32 Å². The number of nitro groups is 1. The molecule has 0 aromatic heterocycles. The zero-order valence-electron chi connectivity index (χ0n) is 16.6. The maximum atomic E-state index is 14.0. The lowest BCUT2D eigenvalue weighted by atomic mass is 9.87. The molecule has 0 aliphatic heterocycles. The monoisotopic (exact) mass is 453 g/mol. The van der Waals surface area contributed by atoms with Crippen molar-refractivity contribution in [2.45, 2.75) is 25.3 Å². The number of amides is 2. The molecule has 32 heavy (non-hydrogen) atoms. The first kappa shape index (κ1) is 24.3. The molecule has 0 spiro atoms. The van der Waals surface area contributed by atoms with Crippen LogP contribution in [0.4, 0.5) is 18.9 Å². The Morgan fingerprint density at radius 3 is 2.16 bits per heavy atom. The molecule has 2 atom stereocenters. The Balaban J connectivity index is 2.44. The average molecular weight is 453 g/mol. The van der Waals surface area contributed by atoms with Gasteiger partial charge in [-0.25, -0.2) is 13.2 Å². The second-order valence-electron chi connectivity index (χ2n) is 6.56. The van der Waals surface area contributed by atoms with Gasteiger partial charge in [0.05, 0.1) is 18.0 Å². The molecule has 3 N–H and O–H groups in total. The van der Waals surface area contributed by atoms with Crippen molar-refractivity contribution in [3.63, 3.8) is 0 Å². The molecule has 0 unspecified atom stereocenters. The summed E-state index contributed by atoms with van der Waals surface area (Å²) < 4.78 is 45.9. The van der Waals surface area contributed by atoms with E-state index in [2.05, 4.69) is 5.32 Å². The van der Waals surface area contributed by atoms with E-state index in [-0.39, 0.29) is 30.0 Å². The number of non-ortho nitro benzene ring substituents is 1. The van der Waals surface area contributed by atoms with Crippen LogP contribution in [0.25, 0.3) is 0 Å². The summed E-state index contributed by atoms with van der Waals surface area (Å²) in [5.41, 5.74) is 4.12. The Morgan fingerprint density at radius 1 is 1.12 bits per heavy atom. The van der Waals surface area contributed by atoms with Gasteiger partial charge in [-0.15, -0.1) is 0 Å². The Morgan fingerprint density at radius 2 is 1.69 bits per heavy atom. The van der Waals surface area contributed by atoms with E-state index in [9.17, 15) is 37.7 Å². The molecule has 2 aromatic rings. The third kappa shape index (κ3) is 5.80. The summed E-state index contributed by atoms with van der Waals surface area (Å²) in [6.45, 7) is 1.54. The van der Waals surface area contributed by atoms with E-state index in [1.54, 1.807) is 0 Å². The molecule has 2 amide bonds. The van der Waals surface area contributed by atoms with Crippen molar-refractivity contribution in [3.05, 3.63) is 75.1 Å². The summed E-state index contributed by atoms with van der Waals surface area (Å²) >= 11 is 0. The van der Waals surface area contributed by atoms with Crippen molar-refractivity contribution in [2.75, 3.05) is 6.61 Å². The lowest BCUT2D eigenvalue weighted by Crippen LogP contribution is -2.49. The van der Waals surface area contributed by atoms with Crippen molar-refractivity contribution in [2.24, 2.45) is 5.73 Å². The van der Waals surface area contributed by atoms with Crippen molar-refractivity contribution < 1.29 is 37.2 Å². The van der Waals surface area contributed by atoms with Gasteiger partial charge in [0.1, 0.15) is 29.1 Å². The Bertz CT molecular complexity index is 1020. The van der Waals surface area contributed by atoms with Crippen LogP contribution in [0.2, 0.25) is 0 Å². The molecule has 2 rings (SSSR count). The minimum atomic E-state index is -1.67. The fourth-order valence-electron chi connectivity index (χ4n) is 3.01. The highest BCUT2D eigenvalue weighted by molar-refractivity contribution is 5.98. The number of ether oxygens (including phenoxy) is 1. The lowest BCUT2D eigenvalue weighted by Gasteiger charge is -2.25. The van der Waals surface area contributed by atoms with Gasteiger partial charge >= 0.3 is 5.97 Å². The van der Waals surface area contributed by atoms with Gasteiger partial charge in [-0.1, -0.05) is 12.1 Å². The SMILES string of the molecule is CCOC(=O)C[C@H](c1ccc([N+](=O)[O-])cc1)[C@H](NC(=O)c1c(F)cc(F)cc1F)C(N)=O. The number of esters is 1. The second-order valence-corrected chi connectivity index (χ2v) is 6.56. The number of primary amides is 1. The molecule has 0 bridgehead atoms. The first-order valence-corrected chi connectivity index (χ1v) is 9.19. The van der Waals surface area contributed by atoms with Crippen molar-refractivity contribution >= 4 is 23.5 Å². The van der Waals surface area contributed by atoms with E-state index in [0.717, 1.165) is 12.1 Å². The molecule has 170 valence electrons. The highest BCUT2D eigenvalue weighted by Gasteiger charge is 2.34. The third-order valence-electron chi connectivity index (χ3n) is 4.45. The van der Waals surface area contributed by atoms with E-state index in [4.69, 9.17) is 10.5 Å². The van der Waals surface area contributed by atoms with Gasteiger partial charge in [0.25, 0.3) is 11.6 Å². The molecule has 0 saturated heterocycles. The standard InChI is InChI=1S/C20H18F3N3O6/c1-2-32-16(27)9-13(10-3-5-12(6-4-10)26(30)31)18(19(24)28)25-20(29)17-14(22)7-11(21)8-15(17)23/h3-8,13,18H,2,9H2,1H3,(H2,24,28)(H,25,29)/t13-,18+/m1/s1. The van der Waals surface area contributed by atoms with E-state index in [1.807, 2.05) is 0 Å². The normalized spacial score (nSPS) is 12.5. The van der Waals surface area contributed by atoms with Crippen molar-refractivity contribution in [3.8, 4) is 0 Å². The first-order valence-electron chi connectivity index (χ1n) is 9.19. The molecule has 9 nitrogen and oxygen atoms in total. The smallest absolute Gasteiger partial charge is 0.306 e. The number of benzene rings is 2. The van der Waals surface area contributed by atoms with E-state index >= 15 is 0 Å². The summed E-state index contributed by atoms with van der Waals surface area (Å²) in [6, 6.07) is 3.58. The molecule has 0 radical (unpaired) electrons. The van der Waals surface area contributed by atoms with Crippen LogP contribution >= 0.6 is 0 Å². The van der Waals surface area contributed by atoms with Gasteiger partial charge in [-0.3, -0.25) is 24.5 Å². The minimum Gasteiger partial charge on any atom is -0.466 e. The van der Waals surface area contributed by atoms with Crippen LogP contribution in [0.1, 0.15) is 35.2 Å². The minimum absolute atomic E-state index is 0.00537. The fourth-order valence-corrected chi connectivity index (χ4v) is 3.01. The van der Waals surface area contributed by atoms with Gasteiger partial charge in [0.15, 0.2) is 0 Å². The third-order valence-corrected chi connectivity index (χ3v) is 4.45. The first-order chi connectivity index (χ1) is 15.0. The van der Waals surface area contributed by atoms with Gasteiger partial charge in [-0.2, -0.15) is 0 Å². The number of nitro benzene ring substituents is 1. The quantitative estimate of drug-likeness (QED) is 0.339. The molecule has 0 aliphatic carbocycles. The molecule has 12 heteroatoms. The van der Waals surface area contributed by atoms with Gasteiger partial charge in [-0.05, 0) is 12.5 Å². The van der Waals surface area contributed by atoms with Crippen LogP contribution in [-0.4, -0.2) is 35.4 Å². The van der Waals surface area contributed by atoms with Crippen LogP contribution < -0.4 is 11.1 Å². The molecule has 2 aromatic carbocycles. The number of nitrogens with zero attached hydrogens (tertiary/aromatic N) is 1. The number of hydrogen-bond acceptors (Lipinski definition) is 6. The number of rotatable bonds is 9. The van der Waals surface area contributed by atoms with Crippen LogP contribution in [-0.2, 0) is 14.3 Å². The molecular weight excluding hydrogens is 435 g/mol. The Kier molecular flexibility index (Phi) is 7.88. The largest absolute Gasteiger partial charge is 0.466 e. The van der Waals surface area contributed by atoms with Crippen LogP contribution in [0.15, 0.2) is 36.4 Å². The Labute approximate surface area is 179 Å². The lowest BCUT2D eigenvalue weighted by molar-refractivity contribution is -0.384. The van der Waals surface area contributed by atoms with E-state index in [1.165, 1.54) is 19.1 Å². The summed E-state index contributed by atoms with van der Waals surface area (Å²) in [6.07, 6.45) is -0.492. The number of hydrogen-bond donors (Lipinski definition) is 2. The van der Waals surface area contributed by atoms with E-state index < -0.39 is 64.1 Å². The summed E-state index contributed by atoms with van der Waals surface area (Å²) in [5.74, 6) is -8.83. The maximum absolute atomic E-state index is 14.0. The highest BCUT2D eigenvalue weighted by Crippen LogP contribution is 2.27. The predicted octanol–water partition coefficient (Wildman–Crippen LogP) is 2.33. The number of halogens is 3. The zero-order valence-corrected chi connectivity index (χ0v) is 16.6. The maximum Gasteiger partial charge on any atom is 0.306 e. The van der Waals surface area contributed by atoms with Crippen LogP contribution in [0.3, 0.4) is 0 Å². The summed E-state index contributed by atoms with van der Waals surface area (Å²) in [7, 11) is 0. The van der Waals surface area contributed by atoms with Crippen LogP contribution in [0, 0.1) is 27.6 Å². The highest BCUT2D eigenvalue weighted by atomic mass is 19.1. The predicted molar refractivity (Wildman–Crippen MR) is 104 cm³/mol. The van der Waals surface area contributed by atoms with Gasteiger partial charge in [0, 0.05) is 30.2 Å². The molecular formula is C20H18F3N3O6. The zero-order chi connectivity index (χ0) is 24.0. The van der Waals surface area contributed by atoms with Crippen molar-refractivity contribution in [1.29, 1.82) is 0 Å². The number of nitrogens with two attached hydrogens (primary N) is 1. The number of carbonyl (C=O) groups is 3. The summed E-state index contributed by atoms with van der Waals surface area (Å²) in [4.78, 5) is 46.9. The van der Waals surface area contributed by atoms with E-state index in [0.29, 0.717) is 0 Å². The fraction of sp³-hybridized carbons (Fsp3) is 0.250. The average Bonchev–Trinajstić information content (AvgIpc) is 2.70. The van der Waals surface area contributed by atoms with Gasteiger partial charge in [0.2, 0.25) is 5.91 Å². The number of carbonyl (C=O) groups excluding carboxylic acids is 3. The molecule has 0 heterocycles. The number of nitrogens with one attached hydrogen (secondary N) is 1. The molecule has 0 saturated carbocycles. The topological polar surface area (TPSA) is 142 Å². The molecule has 0 aliphatic rings.